The van der Waals surface area contributed by atoms with Gasteiger partial charge in [0.15, 0.2) is 0 Å². The van der Waals surface area contributed by atoms with Gasteiger partial charge in [0.1, 0.15) is 5.75 Å². The predicted molar refractivity (Wildman–Crippen MR) is 63.3 cm³/mol. The molecular weight excluding hydrogens is 200 g/mol. The zero-order valence-corrected chi connectivity index (χ0v) is 9.49. The van der Waals surface area contributed by atoms with Gasteiger partial charge in [-0.05, 0) is 42.5 Å². The fourth-order valence-electron chi connectivity index (χ4n) is 2.35. The van der Waals surface area contributed by atoms with E-state index in [1.807, 2.05) is 18.2 Å². The van der Waals surface area contributed by atoms with Gasteiger partial charge in [0.2, 0.25) is 0 Å². The Kier molecular flexibility index (Phi) is 2.89. The summed E-state index contributed by atoms with van der Waals surface area (Å²) in [6, 6.07) is 5.90. The first kappa shape index (κ1) is 11.0. The van der Waals surface area contributed by atoms with E-state index in [-0.39, 0.29) is 0 Å². The van der Waals surface area contributed by atoms with Crippen molar-refractivity contribution in [2.24, 2.45) is 0 Å². The number of terminal acetylenes is 1. The molecule has 0 aromatic heterocycles. The molecule has 1 aliphatic carbocycles. The van der Waals surface area contributed by atoms with Crippen molar-refractivity contribution in [1.82, 2.24) is 0 Å². The number of hydrogen-bond donors (Lipinski definition) is 1. The van der Waals surface area contributed by atoms with Gasteiger partial charge in [0, 0.05) is 6.42 Å². The molecular formula is C14H16O2. The number of rotatable bonds is 3. The molecule has 0 spiro atoms. The molecule has 0 saturated carbocycles. The summed E-state index contributed by atoms with van der Waals surface area (Å²) in [5.74, 6) is 3.38. The molecule has 2 nitrogen and oxygen atoms in total. The lowest BCUT2D eigenvalue weighted by atomic mass is 9.91. The Labute approximate surface area is 96.3 Å². The smallest absolute Gasteiger partial charge is 0.119 e. The van der Waals surface area contributed by atoms with Crippen molar-refractivity contribution < 1.29 is 9.84 Å². The molecule has 0 heterocycles. The highest BCUT2D eigenvalue weighted by Gasteiger charge is 2.36. The van der Waals surface area contributed by atoms with Crippen molar-refractivity contribution in [2.75, 3.05) is 7.11 Å². The molecule has 2 heteroatoms. The molecule has 2 rings (SSSR count). The summed E-state index contributed by atoms with van der Waals surface area (Å²) in [5, 5.41) is 10.5. The summed E-state index contributed by atoms with van der Waals surface area (Å²) in [7, 11) is 1.64. The quantitative estimate of drug-likeness (QED) is 0.785. The van der Waals surface area contributed by atoms with E-state index >= 15 is 0 Å². The fourth-order valence-corrected chi connectivity index (χ4v) is 2.35. The summed E-state index contributed by atoms with van der Waals surface area (Å²) in [6.45, 7) is 0. The Morgan fingerprint density at radius 2 is 2.38 bits per heavy atom. The number of aryl methyl sites for hydroxylation is 1. The van der Waals surface area contributed by atoms with E-state index in [2.05, 4.69) is 5.92 Å². The van der Waals surface area contributed by atoms with E-state index in [1.54, 1.807) is 7.11 Å². The summed E-state index contributed by atoms with van der Waals surface area (Å²) >= 11 is 0. The van der Waals surface area contributed by atoms with Crippen molar-refractivity contribution in [1.29, 1.82) is 0 Å². The van der Waals surface area contributed by atoms with E-state index in [1.165, 1.54) is 5.56 Å². The topological polar surface area (TPSA) is 29.5 Å². The summed E-state index contributed by atoms with van der Waals surface area (Å²) in [4.78, 5) is 0. The highest BCUT2D eigenvalue weighted by atomic mass is 16.5. The molecule has 1 aliphatic rings. The highest BCUT2D eigenvalue weighted by Crippen LogP contribution is 2.41. The van der Waals surface area contributed by atoms with E-state index in [0.717, 1.165) is 24.2 Å². The lowest BCUT2D eigenvalue weighted by molar-refractivity contribution is 0.0308. The molecule has 0 fully saturated rings. The average Bonchev–Trinajstić information content (AvgIpc) is 2.65. The number of ether oxygens (including phenoxy) is 1. The Morgan fingerprint density at radius 3 is 3.06 bits per heavy atom. The Morgan fingerprint density at radius 1 is 1.56 bits per heavy atom. The monoisotopic (exact) mass is 216 g/mol. The van der Waals surface area contributed by atoms with E-state index in [4.69, 9.17) is 11.2 Å². The van der Waals surface area contributed by atoms with Crippen LogP contribution in [0.4, 0.5) is 0 Å². The van der Waals surface area contributed by atoms with Crippen LogP contribution in [0.15, 0.2) is 18.2 Å². The first-order valence-electron chi connectivity index (χ1n) is 5.53. The summed E-state index contributed by atoms with van der Waals surface area (Å²) in [6.07, 6.45) is 8.17. The predicted octanol–water partition coefficient (Wildman–Crippen LogP) is 2.24. The second-order valence-electron chi connectivity index (χ2n) is 4.26. The fraction of sp³-hybridized carbons (Fsp3) is 0.429. The highest BCUT2D eigenvalue weighted by molar-refractivity contribution is 5.42. The molecule has 84 valence electrons. The van der Waals surface area contributed by atoms with Gasteiger partial charge >= 0.3 is 0 Å². The lowest BCUT2D eigenvalue weighted by Gasteiger charge is -2.23. The number of benzene rings is 1. The second kappa shape index (κ2) is 4.19. The van der Waals surface area contributed by atoms with E-state index in [9.17, 15) is 5.11 Å². The maximum atomic E-state index is 10.5. The van der Waals surface area contributed by atoms with E-state index < -0.39 is 5.60 Å². The molecule has 0 bridgehead atoms. The number of hydrogen-bond acceptors (Lipinski definition) is 2. The van der Waals surface area contributed by atoms with Gasteiger partial charge in [-0.1, -0.05) is 6.07 Å². The Hall–Kier alpha value is -1.46. The third kappa shape index (κ3) is 1.79. The maximum absolute atomic E-state index is 10.5. The van der Waals surface area contributed by atoms with Crippen molar-refractivity contribution in [2.45, 2.75) is 31.3 Å². The molecule has 16 heavy (non-hydrogen) atoms. The minimum atomic E-state index is -0.754. The van der Waals surface area contributed by atoms with Gasteiger partial charge in [0.05, 0.1) is 12.7 Å². The zero-order valence-electron chi connectivity index (χ0n) is 9.49. The SMILES string of the molecule is C#CCCC1(O)CCc2ccc(OC)cc21. The van der Waals surface area contributed by atoms with Gasteiger partial charge in [-0.3, -0.25) is 0 Å². The van der Waals surface area contributed by atoms with Gasteiger partial charge in [-0.2, -0.15) is 0 Å². The van der Waals surface area contributed by atoms with Crippen molar-refractivity contribution in [3.63, 3.8) is 0 Å². The van der Waals surface area contributed by atoms with Crippen LogP contribution in [0.2, 0.25) is 0 Å². The van der Waals surface area contributed by atoms with Crippen molar-refractivity contribution >= 4 is 0 Å². The Balaban J connectivity index is 2.33. The summed E-state index contributed by atoms with van der Waals surface area (Å²) < 4.78 is 5.19. The van der Waals surface area contributed by atoms with Crippen LogP contribution in [-0.2, 0) is 12.0 Å². The maximum Gasteiger partial charge on any atom is 0.119 e. The van der Waals surface area contributed by atoms with Gasteiger partial charge in [-0.25, -0.2) is 0 Å². The van der Waals surface area contributed by atoms with Crippen LogP contribution in [-0.4, -0.2) is 12.2 Å². The van der Waals surface area contributed by atoms with Crippen LogP contribution in [0, 0.1) is 12.3 Å². The number of methoxy groups -OCH3 is 1. The van der Waals surface area contributed by atoms with Crippen LogP contribution in [0.5, 0.6) is 5.75 Å². The van der Waals surface area contributed by atoms with Gasteiger partial charge in [-0.15, -0.1) is 12.3 Å². The molecule has 0 amide bonds. The first-order valence-corrected chi connectivity index (χ1v) is 5.53. The third-order valence-electron chi connectivity index (χ3n) is 3.31. The minimum absolute atomic E-state index is 0.604. The number of fused-ring (bicyclic) bond motifs is 1. The van der Waals surface area contributed by atoms with Crippen LogP contribution >= 0.6 is 0 Å². The molecule has 0 saturated heterocycles. The lowest BCUT2D eigenvalue weighted by Crippen LogP contribution is -2.21. The Bertz CT molecular complexity index is 431. The van der Waals surface area contributed by atoms with Crippen LogP contribution in [0.3, 0.4) is 0 Å². The van der Waals surface area contributed by atoms with Crippen LogP contribution in [0.1, 0.15) is 30.4 Å². The van der Waals surface area contributed by atoms with Crippen molar-refractivity contribution in [3.8, 4) is 18.1 Å². The van der Waals surface area contributed by atoms with Crippen LogP contribution in [0.25, 0.3) is 0 Å². The number of aliphatic hydroxyl groups is 1. The van der Waals surface area contributed by atoms with Crippen molar-refractivity contribution in [3.05, 3.63) is 29.3 Å². The molecule has 1 atom stereocenters. The molecule has 1 unspecified atom stereocenters. The third-order valence-corrected chi connectivity index (χ3v) is 3.31. The second-order valence-corrected chi connectivity index (χ2v) is 4.26. The van der Waals surface area contributed by atoms with Gasteiger partial charge in [0.25, 0.3) is 0 Å². The molecule has 0 radical (unpaired) electrons. The molecule has 1 N–H and O–H groups in total. The summed E-state index contributed by atoms with van der Waals surface area (Å²) in [5.41, 5.74) is 1.44. The molecule has 1 aromatic carbocycles. The standard InChI is InChI=1S/C14H16O2/c1-3-4-8-14(15)9-7-11-5-6-12(16-2)10-13(11)14/h1,5-6,10,15H,4,7-9H2,2H3. The van der Waals surface area contributed by atoms with Crippen LogP contribution < -0.4 is 4.74 Å². The zero-order chi connectivity index (χ0) is 11.6. The molecule has 1 aromatic rings. The first-order chi connectivity index (χ1) is 7.69. The normalized spacial score (nSPS) is 22.6. The van der Waals surface area contributed by atoms with Gasteiger partial charge < -0.3 is 9.84 Å². The molecule has 0 aliphatic heterocycles. The average molecular weight is 216 g/mol. The largest absolute Gasteiger partial charge is 0.497 e. The van der Waals surface area contributed by atoms with E-state index in [0.29, 0.717) is 12.8 Å². The minimum Gasteiger partial charge on any atom is -0.497 e.